The molecule has 1 aromatic carbocycles. The monoisotopic (exact) mass is 288 g/mol. The van der Waals surface area contributed by atoms with Crippen LogP contribution in [0.4, 0.5) is 10.1 Å². The van der Waals surface area contributed by atoms with Gasteiger partial charge in [0, 0.05) is 19.7 Å². The molecule has 0 aromatic heterocycles. The number of nitro benzene ring substituents is 1. The third-order valence-electron chi connectivity index (χ3n) is 2.52. The SMILES string of the molecule is C=CCN(C)S(=O)(=O)c1cc([N+](=O)[O-])c(F)cc1C. The number of nitro groups is 1. The highest BCUT2D eigenvalue weighted by atomic mass is 32.2. The lowest BCUT2D eigenvalue weighted by Gasteiger charge is -2.16. The van der Waals surface area contributed by atoms with Crippen molar-refractivity contribution in [2.24, 2.45) is 0 Å². The molecule has 104 valence electrons. The van der Waals surface area contributed by atoms with Crippen LogP contribution in [0.1, 0.15) is 5.56 Å². The van der Waals surface area contributed by atoms with Crippen LogP contribution >= 0.6 is 0 Å². The first kappa shape index (κ1) is 15.3. The van der Waals surface area contributed by atoms with Crippen molar-refractivity contribution >= 4 is 15.7 Å². The Morgan fingerprint density at radius 2 is 2.11 bits per heavy atom. The van der Waals surface area contributed by atoms with Gasteiger partial charge in [0.15, 0.2) is 0 Å². The molecule has 0 fully saturated rings. The van der Waals surface area contributed by atoms with E-state index in [2.05, 4.69) is 6.58 Å². The average molecular weight is 288 g/mol. The van der Waals surface area contributed by atoms with Gasteiger partial charge in [-0.2, -0.15) is 8.70 Å². The molecule has 1 rings (SSSR count). The van der Waals surface area contributed by atoms with Crippen LogP contribution in [-0.4, -0.2) is 31.2 Å². The van der Waals surface area contributed by atoms with Gasteiger partial charge in [0.2, 0.25) is 15.8 Å². The van der Waals surface area contributed by atoms with E-state index in [1.165, 1.54) is 20.0 Å². The predicted octanol–water partition coefficient (Wildman–Crippen LogP) is 1.85. The molecule has 0 N–H and O–H groups in total. The van der Waals surface area contributed by atoms with Crippen LogP contribution in [0.2, 0.25) is 0 Å². The quantitative estimate of drug-likeness (QED) is 0.470. The van der Waals surface area contributed by atoms with E-state index in [4.69, 9.17) is 0 Å². The molecule has 0 radical (unpaired) electrons. The van der Waals surface area contributed by atoms with Crippen LogP contribution < -0.4 is 0 Å². The minimum atomic E-state index is -3.91. The van der Waals surface area contributed by atoms with E-state index in [-0.39, 0.29) is 17.0 Å². The standard InChI is InChI=1S/C11H13FN2O4S/c1-4-5-13(3)19(17,18)11-7-10(14(15)16)9(12)6-8(11)2/h4,6-7H,1,5H2,2-3H3. The van der Waals surface area contributed by atoms with Crippen molar-refractivity contribution in [3.63, 3.8) is 0 Å². The molecule has 0 aliphatic heterocycles. The van der Waals surface area contributed by atoms with Gasteiger partial charge >= 0.3 is 5.69 Å². The summed E-state index contributed by atoms with van der Waals surface area (Å²) in [6, 6.07) is 1.58. The Morgan fingerprint density at radius 3 is 2.58 bits per heavy atom. The third kappa shape index (κ3) is 2.96. The molecule has 0 saturated carbocycles. The van der Waals surface area contributed by atoms with Crippen molar-refractivity contribution in [1.82, 2.24) is 4.31 Å². The van der Waals surface area contributed by atoms with Crippen LogP contribution in [0, 0.1) is 22.9 Å². The fourth-order valence-electron chi connectivity index (χ4n) is 1.51. The first-order valence-electron chi connectivity index (χ1n) is 5.23. The lowest BCUT2D eigenvalue weighted by molar-refractivity contribution is -0.387. The van der Waals surface area contributed by atoms with Gasteiger partial charge in [-0.15, -0.1) is 6.58 Å². The molecular weight excluding hydrogens is 275 g/mol. The van der Waals surface area contributed by atoms with Gasteiger partial charge in [0.05, 0.1) is 9.82 Å². The molecule has 0 atom stereocenters. The van der Waals surface area contributed by atoms with Crippen LogP contribution in [0.5, 0.6) is 0 Å². The van der Waals surface area contributed by atoms with Crippen LogP contribution in [-0.2, 0) is 10.0 Å². The molecule has 0 saturated heterocycles. The highest BCUT2D eigenvalue weighted by Crippen LogP contribution is 2.26. The molecule has 0 heterocycles. The number of aryl methyl sites for hydroxylation is 1. The van der Waals surface area contributed by atoms with Gasteiger partial charge in [0.25, 0.3) is 0 Å². The van der Waals surface area contributed by atoms with E-state index in [9.17, 15) is 22.9 Å². The zero-order valence-electron chi connectivity index (χ0n) is 10.5. The van der Waals surface area contributed by atoms with E-state index in [1.807, 2.05) is 0 Å². The summed E-state index contributed by atoms with van der Waals surface area (Å²) in [5.74, 6) is -1.06. The summed E-state index contributed by atoms with van der Waals surface area (Å²) >= 11 is 0. The minimum Gasteiger partial charge on any atom is -0.258 e. The maximum Gasteiger partial charge on any atom is 0.306 e. The third-order valence-corrected chi connectivity index (χ3v) is 4.48. The largest absolute Gasteiger partial charge is 0.306 e. The second kappa shape index (κ2) is 5.45. The number of sulfonamides is 1. The van der Waals surface area contributed by atoms with Crippen molar-refractivity contribution in [1.29, 1.82) is 0 Å². The Labute approximate surface area is 110 Å². The summed E-state index contributed by atoms with van der Waals surface area (Å²) in [5, 5.41) is 10.6. The normalized spacial score (nSPS) is 11.6. The topological polar surface area (TPSA) is 80.5 Å². The van der Waals surface area contributed by atoms with Gasteiger partial charge in [-0.3, -0.25) is 10.1 Å². The number of rotatable bonds is 5. The van der Waals surface area contributed by atoms with E-state index in [0.717, 1.165) is 16.4 Å². The number of benzene rings is 1. The Hall–Kier alpha value is -1.80. The molecule has 6 nitrogen and oxygen atoms in total. The summed E-state index contributed by atoms with van der Waals surface area (Å²) in [5.41, 5.74) is -0.754. The van der Waals surface area contributed by atoms with Crippen LogP contribution in [0.25, 0.3) is 0 Å². The number of nitrogens with zero attached hydrogens (tertiary/aromatic N) is 2. The van der Waals surface area contributed by atoms with Crippen LogP contribution in [0.3, 0.4) is 0 Å². The van der Waals surface area contributed by atoms with Gasteiger partial charge in [-0.05, 0) is 18.6 Å². The molecule has 0 aliphatic carbocycles. The summed E-state index contributed by atoms with van der Waals surface area (Å²) in [4.78, 5) is 9.40. The zero-order chi connectivity index (χ0) is 14.8. The maximum absolute atomic E-state index is 13.4. The van der Waals surface area contributed by atoms with E-state index >= 15 is 0 Å². The molecule has 19 heavy (non-hydrogen) atoms. The van der Waals surface area contributed by atoms with Crippen molar-refractivity contribution < 1.29 is 17.7 Å². The van der Waals surface area contributed by atoms with Gasteiger partial charge < -0.3 is 0 Å². The van der Waals surface area contributed by atoms with Gasteiger partial charge in [0.1, 0.15) is 0 Å². The van der Waals surface area contributed by atoms with Crippen molar-refractivity contribution in [2.75, 3.05) is 13.6 Å². The fourth-order valence-corrected chi connectivity index (χ4v) is 2.87. The fraction of sp³-hybridized carbons (Fsp3) is 0.273. The van der Waals surface area contributed by atoms with Crippen molar-refractivity contribution in [2.45, 2.75) is 11.8 Å². The molecule has 0 spiro atoms. The lowest BCUT2D eigenvalue weighted by atomic mass is 10.2. The van der Waals surface area contributed by atoms with E-state index < -0.39 is 26.5 Å². The summed E-state index contributed by atoms with van der Waals surface area (Å²) in [6.07, 6.45) is 1.38. The van der Waals surface area contributed by atoms with E-state index in [1.54, 1.807) is 0 Å². The Balaban J connectivity index is 3.46. The molecule has 1 aromatic rings. The van der Waals surface area contributed by atoms with E-state index in [0.29, 0.717) is 0 Å². The summed E-state index contributed by atoms with van der Waals surface area (Å²) in [6.45, 7) is 4.84. The summed E-state index contributed by atoms with van der Waals surface area (Å²) in [7, 11) is -2.60. The average Bonchev–Trinajstić information content (AvgIpc) is 2.28. The Bertz CT molecular complexity index is 628. The lowest BCUT2D eigenvalue weighted by Crippen LogP contribution is -2.27. The maximum atomic E-state index is 13.4. The van der Waals surface area contributed by atoms with Crippen molar-refractivity contribution in [3.8, 4) is 0 Å². The highest BCUT2D eigenvalue weighted by Gasteiger charge is 2.27. The van der Waals surface area contributed by atoms with Gasteiger partial charge in [-0.1, -0.05) is 6.08 Å². The zero-order valence-corrected chi connectivity index (χ0v) is 11.3. The second-order valence-electron chi connectivity index (χ2n) is 3.90. The first-order chi connectivity index (χ1) is 8.71. The van der Waals surface area contributed by atoms with Crippen LogP contribution in [0.15, 0.2) is 29.7 Å². The first-order valence-corrected chi connectivity index (χ1v) is 6.67. The van der Waals surface area contributed by atoms with Gasteiger partial charge in [-0.25, -0.2) is 8.42 Å². The molecule has 0 aliphatic rings. The number of hydrogen-bond acceptors (Lipinski definition) is 4. The number of hydrogen-bond donors (Lipinski definition) is 0. The van der Waals surface area contributed by atoms with Crippen molar-refractivity contribution in [3.05, 3.63) is 46.3 Å². The second-order valence-corrected chi connectivity index (χ2v) is 5.91. The number of likely N-dealkylation sites (N-methyl/N-ethyl adjacent to an activating group) is 1. The Morgan fingerprint density at radius 1 is 1.53 bits per heavy atom. The molecule has 0 unspecified atom stereocenters. The Kier molecular flexibility index (Phi) is 4.38. The molecular formula is C11H13FN2O4S. The molecule has 0 bridgehead atoms. The molecule has 0 amide bonds. The minimum absolute atomic E-state index is 0.0486. The summed E-state index contributed by atoms with van der Waals surface area (Å²) < 4.78 is 38.7. The smallest absolute Gasteiger partial charge is 0.258 e. The predicted molar refractivity (Wildman–Crippen MR) is 67.8 cm³/mol. The highest BCUT2D eigenvalue weighted by molar-refractivity contribution is 7.89. The molecule has 8 heteroatoms. The number of halogens is 1.